The molecule has 196 valence electrons. The third kappa shape index (κ3) is 7.31. The van der Waals surface area contributed by atoms with Crippen molar-refractivity contribution in [3.05, 3.63) is 78.4 Å². The zero-order chi connectivity index (χ0) is 26.8. The maximum absolute atomic E-state index is 12.7. The number of hydrogen-bond acceptors (Lipinski definition) is 6. The minimum Gasteiger partial charge on any atom is -0.496 e. The third-order valence-electron chi connectivity index (χ3n) is 5.79. The van der Waals surface area contributed by atoms with Gasteiger partial charge >= 0.3 is 6.03 Å². The van der Waals surface area contributed by atoms with Crippen LogP contribution in [0.1, 0.15) is 24.2 Å². The molecule has 3 amide bonds. The van der Waals surface area contributed by atoms with E-state index in [9.17, 15) is 18.0 Å². The number of anilines is 2. The third-order valence-corrected chi connectivity index (χ3v) is 7.57. The van der Waals surface area contributed by atoms with Gasteiger partial charge in [0.25, 0.3) is 5.91 Å². The number of rotatable bonds is 11. The lowest BCUT2D eigenvalue weighted by molar-refractivity contribution is 0.0946. The van der Waals surface area contributed by atoms with Crippen molar-refractivity contribution in [2.24, 2.45) is 0 Å². The van der Waals surface area contributed by atoms with E-state index in [4.69, 9.17) is 4.74 Å². The molecule has 0 aliphatic heterocycles. The molecule has 0 aliphatic rings. The van der Waals surface area contributed by atoms with Crippen LogP contribution in [-0.4, -0.2) is 58.5 Å². The number of sulfone groups is 1. The summed E-state index contributed by atoms with van der Waals surface area (Å²) in [5, 5.41) is 8.24. The van der Waals surface area contributed by atoms with Gasteiger partial charge < -0.3 is 25.6 Å². The highest BCUT2D eigenvalue weighted by molar-refractivity contribution is 7.91. The van der Waals surface area contributed by atoms with E-state index >= 15 is 0 Å². The summed E-state index contributed by atoms with van der Waals surface area (Å²) in [4.78, 5) is 27.6. The molecule has 0 saturated carbocycles. The van der Waals surface area contributed by atoms with Gasteiger partial charge in [0.1, 0.15) is 5.75 Å². The molecule has 3 aromatic carbocycles. The van der Waals surface area contributed by atoms with Crippen LogP contribution >= 0.6 is 0 Å². The Bertz CT molecular complexity index is 1310. The van der Waals surface area contributed by atoms with Gasteiger partial charge in [0.05, 0.1) is 22.5 Å². The summed E-state index contributed by atoms with van der Waals surface area (Å²) in [7, 11) is -2.19. The zero-order valence-corrected chi connectivity index (χ0v) is 22.0. The highest BCUT2D eigenvalue weighted by Crippen LogP contribution is 2.24. The molecular formula is C27H32N4O5S. The number of carbonyl (C=O) groups is 2. The molecule has 0 radical (unpaired) electrons. The smallest absolute Gasteiger partial charge is 0.323 e. The van der Waals surface area contributed by atoms with Crippen molar-refractivity contribution in [1.29, 1.82) is 0 Å². The molecule has 9 nitrogen and oxygen atoms in total. The van der Waals surface area contributed by atoms with E-state index in [0.29, 0.717) is 29.2 Å². The number of nitrogens with one attached hydrogen (secondary N) is 3. The number of methoxy groups -OCH3 is 1. The van der Waals surface area contributed by atoms with Gasteiger partial charge in [-0.15, -0.1) is 0 Å². The Hall–Kier alpha value is -3.89. The Morgan fingerprint density at radius 2 is 1.43 bits per heavy atom. The second kappa shape index (κ2) is 12.9. The highest BCUT2D eigenvalue weighted by Gasteiger charge is 2.17. The average Bonchev–Trinajstić information content (AvgIpc) is 2.91. The number of amides is 3. The van der Waals surface area contributed by atoms with Gasteiger partial charge in [-0.25, -0.2) is 13.2 Å². The van der Waals surface area contributed by atoms with Crippen molar-refractivity contribution < 1.29 is 22.7 Å². The number of likely N-dealkylation sites (N-methyl/N-ethyl adjacent to an activating group) is 1. The van der Waals surface area contributed by atoms with Crippen molar-refractivity contribution in [3.63, 3.8) is 0 Å². The molecule has 0 spiro atoms. The Labute approximate surface area is 217 Å². The summed E-state index contributed by atoms with van der Waals surface area (Å²) in [6, 6.07) is 18.3. The topological polar surface area (TPSA) is 117 Å². The minimum absolute atomic E-state index is 0.125. The Balaban J connectivity index is 1.61. The van der Waals surface area contributed by atoms with Gasteiger partial charge in [-0.05, 0) is 61.6 Å². The standard InChI is InChI=1S/C27H32N4O5S/c1-4-31(5-2)18-17-28-26(32)24-16-13-21(19-25(24)36-3)30-27(33)29-20-11-14-23(15-12-20)37(34,35)22-9-7-6-8-10-22/h6-16,19H,4-5,17-18H2,1-3H3,(H,28,32)(H2,29,30,33). The van der Waals surface area contributed by atoms with Crippen LogP contribution in [0, 0.1) is 0 Å². The van der Waals surface area contributed by atoms with Crippen molar-refractivity contribution >= 4 is 33.2 Å². The van der Waals surface area contributed by atoms with E-state index in [-0.39, 0.29) is 15.7 Å². The first-order valence-electron chi connectivity index (χ1n) is 11.9. The first-order valence-corrected chi connectivity index (χ1v) is 13.4. The van der Waals surface area contributed by atoms with E-state index in [2.05, 4.69) is 34.7 Å². The maximum atomic E-state index is 12.7. The lowest BCUT2D eigenvalue weighted by Crippen LogP contribution is -2.34. The van der Waals surface area contributed by atoms with Crippen LogP contribution in [0.5, 0.6) is 5.75 Å². The fraction of sp³-hybridized carbons (Fsp3) is 0.259. The minimum atomic E-state index is -3.64. The van der Waals surface area contributed by atoms with Crippen molar-refractivity contribution in [3.8, 4) is 5.75 Å². The zero-order valence-electron chi connectivity index (χ0n) is 21.2. The van der Waals surface area contributed by atoms with Gasteiger partial charge in [0.2, 0.25) is 9.84 Å². The number of nitrogens with zero attached hydrogens (tertiary/aromatic N) is 1. The maximum Gasteiger partial charge on any atom is 0.323 e. The molecule has 0 bridgehead atoms. The predicted octanol–water partition coefficient (Wildman–Crippen LogP) is 4.24. The van der Waals surface area contributed by atoms with Crippen LogP contribution in [0.25, 0.3) is 0 Å². The SMILES string of the molecule is CCN(CC)CCNC(=O)c1ccc(NC(=O)Nc2ccc(S(=O)(=O)c3ccccc3)cc2)cc1OC. The lowest BCUT2D eigenvalue weighted by Gasteiger charge is -2.18. The Kier molecular flexibility index (Phi) is 9.64. The lowest BCUT2D eigenvalue weighted by atomic mass is 10.1. The predicted molar refractivity (Wildman–Crippen MR) is 144 cm³/mol. The molecular weight excluding hydrogens is 492 g/mol. The number of urea groups is 1. The molecule has 0 aliphatic carbocycles. The van der Waals surface area contributed by atoms with Crippen LogP contribution in [0.4, 0.5) is 16.2 Å². The molecule has 0 heterocycles. The van der Waals surface area contributed by atoms with Gasteiger partial charge in [-0.3, -0.25) is 4.79 Å². The van der Waals surface area contributed by atoms with E-state index in [0.717, 1.165) is 19.6 Å². The van der Waals surface area contributed by atoms with Gasteiger partial charge in [0, 0.05) is 30.5 Å². The molecule has 3 aromatic rings. The van der Waals surface area contributed by atoms with Crippen LogP contribution in [-0.2, 0) is 9.84 Å². The molecule has 0 fully saturated rings. The van der Waals surface area contributed by atoms with Gasteiger partial charge in [-0.2, -0.15) is 0 Å². The fourth-order valence-electron chi connectivity index (χ4n) is 3.67. The van der Waals surface area contributed by atoms with Gasteiger partial charge in [0.15, 0.2) is 0 Å². The van der Waals surface area contributed by atoms with E-state index in [1.54, 1.807) is 36.4 Å². The second-order valence-corrected chi connectivity index (χ2v) is 10.1. The first-order chi connectivity index (χ1) is 17.8. The summed E-state index contributed by atoms with van der Waals surface area (Å²) in [6.45, 7) is 7.23. The van der Waals surface area contributed by atoms with Crippen molar-refractivity contribution in [2.45, 2.75) is 23.6 Å². The quantitative estimate of drug-likeness (QED) is 0.345. The summed E-state index contributed by atoms with van der Waals surface area (Å²) in [6.07, 6.45) is 0. The van der Waals surface area contributed by atoms with Crippen LogP contribution in [0.2, 0.25) is 0 Å². The number of benzene rings is 3. The number of carbonyl (C=O) groups excluding carboxylic acids is 2. The second-order valence-electron chi connectivity index (χ2n) is 8.12. The molecule has 3 rings (SSSR count). The average molecular weight is 525 g/mol. The molecule has 3 N–H and O–H groups in total. The molecule has 0 saturated heterocycles. The van der Waals surface area contributed by atoms with Crippen LogP contribution < -0.4 is 20.7 Å². The van der Waals surface area contributed by atoms with Gasteiger partial charge in [-0.1, -0.05) is 32.0 Å². The molecule has 0 unspecified atom stereocenters. The van der Waals surface area contributed by atoms with Crippen LogP contribution in [0.3, 0.4) is 0 Å². The number of hydrogen-bond donors (Lipinski definition) is 3. The Morgan fingerprint density at radius 1 is 0.838 bits per heavy atom. The normalized spacial score (nSPS) is 11.1. The molecule has 37 heavy (non-hydrogen) atoms. The fourth-order valence-corrected chi connectivity index (χ4v) is 4.95. The largest absolute Gasteiger partial charge is 0.496 e. The van der Waals surface area contributed by atoms with E-state index in [1.165, 1.54) is 43.5 Å². The van der Waals surface area contributed by atoms with E-state index in [1.807, 2.05) is 0 Å². The van der Waals surface area contributed by atoms with Crippen LogP contribution in [0.15, 0.2) is 82.6 Å². The number of ether oxygens (including phenoxy) is 1. The molecule has 0 atom stereocenters. The Morgan fingerprint density at radius 3 is 2.05 bits per heavy atom. The summed E-state index contributed by atoms with van der Waals surface area (Å²) >= 11 is 0. The summed E-state index contributed by atoms with van der Waals surface area (Å²) in [5.74, 6) is 0.0687. The monoisotopic (exact) mass is 524 g/mol. The van der Waals surface area contributed by atoms with Crippen molar-refractivity contribution in [1.82, 2.24) is 10.2 Å². The van der Waals surface area contributed by atoms with Crippen molar-refractivity contribution in [2.75, 3.05) is 43.9 Å². The molecule has 10 heteroatoms. The highest BCUT2D eigenvalue weighted by atomic mass is 32.2. The molecule has 0 aromatic heterocycles. The van der Waals surface area contributed by atoms with E-state index < -0.39 is 15.9 Å². The summed E-state index contributed by atoms with van der Waals surface area (Å²) < 4.78 is 30.8. The summed E-state index contributed by atoms with van der Waals surface area (Å²) in [5.41, 5.74) is 1.21. The first kappa shape index (κ1) is 27.7.